The van der Waals surface area contributed by atoms with E-state index in [1.165, 1.54) is 0 Å². The Balaban J connectivity index is 2.28. The summed E-state index contributed by atoms with van der Waals surface area (Å²) in [7, 11) is 1.84. The van der Waals surface area contributed by atoms with E-state index in [9.17, 15) is 4.79 Å². The van der Waals surface area contributed by atoms with Crippen molar-refractivity contribution >= 4 is 23.4 Å². The predicted octanol–water partition coefficient (Wildman–Crippen LogP) is 1.73. The zero-order valence-electron chi connectivity index (χ0n) is 9.56. The highest BCUT2D eigenvalue weighted by molar-refractivity contribution is 7.98. The molecule has 16 heavy (non-hydrogen) atoms. The minimum absolute atomic E-state index is 0.0186. The van der Waals surface area contributed by atoms with Gasteiger partial charge < -0.3 is 10.2 Å². The molecular weight excluding hydrogens is 220 g/mol. The maximum atomic E-state index is 12.1. The molecule has 0 aromatic heterocycles. The SMILES string of the molecule is CNC1CCN(c2ccccc2SC)C1=O. The van der Waals surface area contributed by atoms with Gasteiger partial charge in [0.2, 0.25) is 5.91 Å². The lowest BCUT2D eigenvalue weighted by atomic mass is 10.2. The van der Waals surface area contributed by atoms with Gasteiger partial charge in [0.15, 0.2) is 0 Å². The van der Waals surface area contributed by atoms with E-state index in [1.54, 1.807) is 11.8 Å². The lowest BCUT2D eigenvalue weighted by molar-refractivity contribution is -0.118. The highest BCUT2D eigenvalue weighted by Crippen LogP contribution is 2.31. The van der Waals surface area contributed by atoms with Gasteiger partial charge in [-0.15, -0.1) is 11.8 Å². The van der Waals surface area contributed by atoms with Crippen molar-refractivity contribution in [2.75, 3.05) is 24.7 Å². The Bertz CT molecular complexity index is 394. The number of thioether (sulfide) groups is 1. The van der Waals surface area contributed by atoms with E-state index in [2.05, 4.69) is 11.4 Å². The molecule has 2 rings (SSSR count). The number of anilines is 1. The first-order valence-corrected chi connectivity index (χ1v) is 6.62. The second kappa shape index (κ2) is 4.89. The fourth-order valence-electron chi connectivity index (χ4n) is 2.04. The number of hydrogen-bond acceptors (Lipinski definition) is 3. The topological polar surface area (TPSA) is 32.3 Å². The summed E-state index contributed by atoms with van der Waals surface area (Å²) in [6, 6.07) is 8.04. The van der Waals surface area contributed by atoms with Crippen molar-refractivity contribution in [2.45, 2.75) is 17.4 Å². The second-order valence-corrected chi connectivity index (χ2v) is 4.64. The zero-order valence-corrected chi connectivity index (χ0v) is 10.4. The van der Waals surface area contributed by atoms with Crippen molar-refractivity contribution in [2.24, 2.45) is 0 Å². The van der Waals surface area contributed by atoms with Crippen molar-refractivity contribution < 1.29 is 4.79 Å². The van der Waals surface area contributed by atoms with E-state index in [1.807, 2.05) is 36.4 Å². The quantitative estimate of drug-likeness (QED) is 0.811. The summed E-state index contributed by atoms with van der Waals surface area (Å²) < 4.78 is 0. The van der Waals surface area contributed by atoms with Crippen LogP contribution in [0.2, 0.25) is 0 Å². The van der Waals surface area contributed by atoms with Crippen LogP contribution in [0.1, 0.15) is 6.42 Å². The number of para-hydroxylation sites is 1. The Morgan fingerprint density at radius 2 is 2.19 bits per heavy atom. The standard InChI is InChI=1S/C12H16N2OS/c1-13-9-7-8-14(12(9)15)10-5-3-4-6-11(10)16-2/h3-6,9,13H,7-8H2,1-2H3. The first-order valence-electron chi connectivity index (χ1n) is 5.39. The smallest absolute Gasteiger partial charge is 0.244 e. The molecule has 1 atom stereocenters. The number of nitrogens with one attached hydrogen (secondary N) is 1. The first-order chi connectivity index (χ1) is 7.77. The summed E-state index contributed by atoms with van der Waals surface area (Å²) in [5.41, 5.74) is 1.04. The molecule has 0 aliphatic carbocycles. The molecule has 1 N–H and O–H groups in total. The van der Waals surface area contributed by atoms with Crippen molar-refractivity contribution in [3.8, 4) is 0 Å². The average molecular weight is 236 g/mol. The highest BCUT2D eigenvalue weighted by Gasteiger charge is 2.32. The molecule has 1 amide bonds. The molecule has 1 unspecified atom stereocenters. The van der Waals surface area contributed by atoms with Crippen LogP contribution in [0.25, 0.3) is 0 Å². The summed E-state index contributed by atoms with van der Waals surface area (Å²) in [5, 5.41) is 3.05. The maximum Gasteiger partial charge on any atom is 0.244 e. The third-order valence-electron chi connectivity index (χ3n) is 2.93. The summed E-state index contributed by atoms with van der Waals surface area (Å²) in [6.45, 7) is 0.807. The van der Waals surface area contributed by atoms with Gasteiger partial charge in [0.1, 0.15) is 0 Å². The largest absolute Gasteiger partial charge is 0.310 e. The van der Waals surface area contributed by atoms with Crippen LogP contribution in [0.15, 0.2) is 29.2 Å². The van der Waals surface area contributed by atoms with Gasteiger partial charge in [0.25, 0.3) is 0 Å². The van der Waals surface area contributed by atoms with Gasteiger partial charge in [-0.25, -0.2) is 0 Å². The second-order valence-electron chi connectivity index (χ2n) is 3.79. The minimum Gasteiger partial charge on any atom is -0.310 e. The van der Waals surface area contributed by atoms with Crippen LogP contribution in [-0.4, -0.2) is 31.8 Å². The minimum atomic E-state index is -0.0186. The van der Waals surface area contributed by atoms with E-state index in [4.69, 9.17) is 0 Å². The number of benzene rings is 1. The van der Waals surface area contributed by atoms with Crippen LogP contribution >= 0.6 is 11.8 Å². The molecule has 86 valence electrons. The number of amides is 1. The number of carbonyl (C=O) groups excluding carboxylic acids is 1. The summed E-state index contributed by atoms with van der Waals surface area (Å²) in [6.07, 6.45) is 2.92. The summed E-state index contributed by atoms with van der Waals surface area (Å²) in [4.78, 5) is 15.1. The van der Waals surface area contributed by atoms with Crippen molar-refractivity contribution in [3.63, 3.8) is 0 Å². The van der Waals surface area contributed by atoms with E-state index >= 15 is 0 Å². The molecule has 4 heteroatoms. The van der Waals surface area contributed by atoms with E-state index in [0.29, 0.717) is 0 Å². The molecule has 1 aromatic rings. The van der Waals surface area contributed by atoms with Crippen LogP contribution < -0.4 is 10.2 Å². The molecule has 0 spiro atoms. The molecule has 1 aromatic carbocycles. The summed E-state index contributed by atoms with van der Waals surface area (Å²) >= 11 is 1.68. The van der Waals surface area contributed by atoms with Crippen LogP contribution in [0.5, 0.6) is 0 Å². The third kappa shape index (κ3) is 1.95. The number of likely N-dealkylation sites (N-methyl/N-ethyl adjacent to an activating group) is 1. The number of hydrogen-bond donors (Lipinski definition) is 1. The van der Waals surface area contributed by atoms with Gasteiger partial charge in [0.05, 0.1) is 11.7 Å². The van der Waals surface area contributed by atoms with Gasteiger partial charge >= 0.3 is 0 Å². The Labute approximate surface area is 100 Å². The molecule has 1 aliphatic rings. The zero-order chi connectivity index (χ0) is 11.5. The van der Waals surface area contributed by atoms with E-state index in [-0.39, 0.29) is 11.9 Å². The maximum absolute atomic E-state index is 12.1. The Morgan fingerprint density at radius 3 is 2.81 bits per heavy atom. The molecule has 0 radical (unpaired) electrons. The lowest BCUT2D eigenvalue weighted by Gasteiger charge is -2.19. The molecule has 0 bridgehead atoms. The van der Waals surface area contributed by atoms with Gasteiger partial charge in [0, 0.05) is 11.4 Å². The van der Waals surface area contributed by atoms with E-state index in [0.717, 1.165) is 23.5 Å². The average Bonchev–Trinajstić information content (AvgIpc) is 2.70. The first kappa shape index (κ1) is 11.5. The molecule has 1 heterocycles. The Hall–Kier alpha value is -1.00. The number of carbonyl (C=O) groups is 1. The third-order valence-corrected chi connectivity index (χ3v) is 3.71. The van der Waals surface area contributed by atoms with Crippen molar-refractivity contribution in [1.82, 2.24) is 5.32 Å². The van der Waals surface area contributed by atoms with Crippen LogP contribution in [-0.2, 0) is 4.79 Å². The molecule has 1 fully saturated rings. The predicted molar refractivity (Wildman–Crippen MR) is 68.0 cm³/mol. The molecule has 1 aliphatic heterocycles. The lowest BCUT2D eigenvalue weighted by Crippen LogP contribution is -2.36. The summed E-state index contributed by atoms with van der Waals surface area (Å²) in [5.74, 6) is 0.184. The Kier molecular flexibility index (Phi) is 3.51. The van der Waals surface area contributed by atoms with Gasteiger partial charge in [-0.3, -0.25) is 4.79 Å². The fourth-order valence-corrected chi connectivity index (χ4v) is 2.64. The monoisotopic (exact) mass is 236 g/mol. The van der Waals surface area contributed by atoms with Gasteiger partial charge in [-0.05, 0) is 31.9 Å². The number of rotatable bonds is 3. The van der Waals surface area contributed by atoms with Crippen LogP contribution in [0.3, 0.4) is 0 Å². The van der Waals surface area contributed by atoms with Gasteiger partial charge in [-0.1, -0.05) is 12.1 Å². The van der Waals surface area contributed by atoms with E-state index < -0.39 is 0 Å². The molecular formula is C12H16N2OS. The van der Waals surface area contributed by atoms with Crippen LogP contribution in [0, 0.1) is 0 Å². The van der Waals surface area contributed by atoms with Crippen LogP contribution in [0.4, 0.5) is 5.69 Å². The van der Waals surface area contributed by atoms with Crippen molar-refractivity contribution in [1.29, 1.82) is 0 Å². The number of nitrogens with zero attached hydrogens (tertiary/aromatic N) is 1. The molecule has 3 nitrogen and oxygen atoms in total. The van der Waals surface area contributed by atoms with Gasteiger partial charge in [-0.2, -0.15) is 0 Å². The molecule has 0 saturated carbocycles. The van der Waals surface area contributed by atoms with Crippen molar-refractivity contribution in [3.05, 3.63) is 24.3 Å². The molecule has 1 saturated heterocycles. The Morgan fingerprint density at radius 1 is 1.44 bits per heavy atom. The normalized spacial score (nSPS) is 20.5. The highest BCUT2D eigenvalue weighted by atomic mass is 32.2. The fraction of sp³-hybridized carbons (Fsp3) is 0.417.